The molecule has 1 unspecified atom stereocenters. The van der Waals surface area contributed by atoms with Crippen LogP contribution >= 0.6 is 11.3 Å². The van der Waals surface area contributed by atoms with Crippen molar-refractivity contribution in [3.63, 3.8) is 0 Å². The van der Waals surface area contributed by atoms with Gasteiger partial charge in [-0.25, -0.2) is 4.98 Å². The Balaban J connectivity index is 1.74. The van der Waals surface area contributed by atoms with E-state index in [1.54, 1.807) is 39.5 Å². The topological polar surface area (TPSA) is 152 Å². The molecule has 0 radical (unpaired) electrons. The molecule has 188 valence electrons. The van der Waals surface area contributed by atoms with E-state index in [0.717, 1.165) is 10.4 Å². The summed E-state index contributed by atoms with van der Waals surface area (Å²) in [5.41, 5.74) is 1.85. The van der Waals surface area contributed by atoms with E-state index in [-0.39, 0.29) is 11.6 Å². The molecule has 1 aromatic carbocycles. The molecule has 16 heteroatoms. The van der Waals surface area contributed by atoms with Gasteiger partial charge in [0.15, 0.2) is 23.1 Å². The molecule has 12 nitrogen and oxygen atoms in total. The lowest BCUT2D eigenvalue weighted by molar-refractivity contribution is 0.0947. The number of amides is 1. The van der Waals surface area contributed by atoms with E-state index in [0.29, 0.717) is 33.8 Å². The van der Waals surface area contributed by atoms with E-state index < -0.39 is 11.3 Å². The van der Waals surface area contributed by atoms with Gasteiger partial charge in [-0.2, -0.15) is 9.90 Å². The Hall–Kier alpha value is -3.91. The van der Waals surface area contributed by atoms with Gasteiger partial charge < -0.3 is 25.8 Å². The number of rotatable bonds is 9. The van der Waals surface area contributed by atoms with Crippen LogP contribution in [0, 0.1) is 0 Å². The number of carbonyl (C=O) groups excluding carboxylic acids is 1. The SMILES string of the molecule is BC(B)(B)NC(=O)c1nnc(Nc2cnn(C)n2)cc1Nc1cccc(-c2ncc(C(C)O)s2)c1OC. The Morgan fingerprint density at radius 1 is 1.16 bits per heavy atom. The van der Waals surface area contributed by atoms with Crippen molar-refractivity contribution in [1.82, 2.24) is 35.5 Å². The van der Waals surface area contributed by atoms with Crippen LogP contribution in [0.3, 0.4) is 0 Å². The molecule has 0 bridgehead atoms. The molecule has 3 aromatic heterocycles. The Bertz CT molecular complexity index is 1420. The Morgan fingerprint density at radius 2 is 1.95 bits per heavy atom. The van der Waals surface area contributed by atoms with Crippen molar-refractivity contribution in [1.29, 1.82) is 0 Å². The molecule has 4 aromatic rings. The minimum atomic E-state index is -0.620. The standard InChI is InChI=1S/C21H26B3N9O3S/c1-10(34)14-8-25-20(37-14)11-5-4-6-12(18(11)36-3)27-13-7-15(28-16-9-26-33(2)32-16)30-31-17(13)19(35)29-21(22,23)24/h4-10,34H,22-24H2,1-3H3,(H,29,35)(H2,27,28,30,32). The molecule has 4 rings (SSSR count). The lowest BCUT2D eigenvalue weighted by atomic mass is 9.49. The monoisotopic (exact) mass is 517 g/mol. The molecular weight excluding hydrogens is 491 g/mol. The maximum atomic E-state index is 13.1. The van der Waals surface area contributed by atoms with Gasteiger partial charge in [-0.3, -0.25) is 4.79 Å². The lowest BCUT2D eigenvalue weighted by Crippen LogP contribution is -2.50. The zero-order chi connectivity index (χ0) is 26.7. The van der Waals surface area contributed by atoms with Crippen molar-refractivity contribution in [2.75, 3.05) is 17.7 Å². The number of hydrogen-bond acceptors (Lipinski definition) is 11. The number of methoxy groups -OCH3 is 1. The maximum Gasteiger partial charge on any atom is 0.272 e. The van der Waals surface area contributed by atoms with Gasteiger partial charge in [0.05, 0.1) is 41.2 Å². The van der Waals surface area contributed by atoms with Gasteiger partial charge >= 0.3 is 0 Å². The number of nitrogens with one attached hydrogen (secondary N) is 3. The lowest BCUT2D eigenvalue weighted by Gasteiger charge is -2.21. The number of aliphatic hydroxyl groups is 1. The molecule has 1 amide bonds. The number of aromatic nitrogens is 6. The summed E-state index contributed by atoms with van der Waals surface area (Å²) in [6.07, 6.45) is 2.58. The third-order valence-corrected chi connectivity index (χ3v) is 6.21. The van der Waals surface area contributed by atoms with E-state index in [2.05, 4.69) is 41.3 Å². The molecule has 0 saturated carbocycles. The summed E-state index contributed by atoms with van der Waals surface area (Å²) in [5.74, 6) is 0.987. The van der Waals surface area contributed by atoms with E-state index in [1.807, 2.05) is 41.7 Å². The predicted molar refractivity (Wildman–Crippen MR) is 150 cm³/mol. The van der Waals surface area contributed by atoms with Crippen LogP contribution in [0.5, 0.6) is 5.75 Å². The first kappa shape index (κ1) is 26.2. The average molecular weight is 517 g/mol. The van der Waals surface area contributed by atoms with Crippen LogP contribution in [-0.4, -0.2) is 77.1 Å². The predicted octanol–water partition coefficient (Wildman–Crippen LogP) is -0.482. The fourth-order valence-corrected chi connectivity index (χ4v) is 4.30. The van der Waals surface area contributed by atoms with E-state index in [1.165, 1.54) is 16.1 Å². The van der Waals surface area contributed by atoms with Crippen molar-refractivity contribution in [2.24, 2.45) is 7.05 Å². The highest BCUT2D eigenvalue weighted by Gasteiger charge is 2.23. The second-order valence-corrected chi connectivity index (χ2v) is 10.4. The first-order chi connectivity index (χ1) is 17.5. The second kappa shape index (κ2) is 10.6. The van der Waals surface area contributed by atoms with Crippen LogP contribution < -0.4 is 20.7 Å². The molecule has 37 heavy (non-hydrogen) atoms. The molecule has 0 aliphatic carbocycles. The number of para-hydroxylation sites is 1. The summed E-state index contributed by atoms with van der Waals surface area (Å²) >= 11 is 1.38. The molecule has 0 spiro atoms. The first-order valence-electron chi connectivity index (χ1n) is 11.5. The summed E-state index contributed by atoms with van der Waals surface area (Å²) in [6.45, 7) is 1.69. The summed E-state index contributed by atoms with van der Waals surface area (Å²) in [6, 6.07) is 7.23. The zero-order valence-electron chi connectivity index (χ0n) is 21.4. The van der Waals surface area contributed by atoms with Crippen molar-refractivity contribution < 1.29 is 14.6 Å². The normalized spacial score (nSPS) is 12.1. The number of carbonyl (C=O) groups is 1. The maximum absolute atomic E-state index is 13.1. The number of aliphatic hydroxyl groups excluding tert-OH is 1. The van der Waals surface area contributed by atoms with Crippen molar-refractivity contribution in [2.45, 2.75) is 18.3 Å². The van der Waals surface area contributed by atoms with Crippen molar-refractivity contribution >= 4 is 63.8 Å². The highest BCUT2D eigenvalue weighted by Crippen LogP contribution is 2.40. The minimum Gasteiger partial charge on any atom is -0.494 e. The molecule has 0 saturated heterocycles. The van der Waals surface area contributed by atoms with Gasteiger partial charge in [-0.1, -0.05) is 6.07 Å². The highest BCUT2D eigenvalue weighted by molar-refractivity contribution is 7.15. The molecule has 0 aliphatic rings. The zero-order valence-corrected chi connectivity index (χ0v) is 22.2. The third kappa shape index (κ3) is 6.27. The van der Waals surface area contributed by atoms with Crippen LogP contribution in [0.15, 0.2) is 36.7 Å². The largest absolute Gasteiger partial charge is 0.494 e. The molecule has 0 aliphatic heterocycles. The van der Waals surface area contributed by atoms with E-state index in [4.69, 9.17) is 4.74 Å². The molecule has 4 N–H and O–H groups in total. The quantitative estimate of drug-likeness (QED) is 0.214. The number of benzene rings is 1. The Labute approximate surface area is 220 Å². The smallest absolute Gasteiger partial charge is 0.272 e. The van der Waals surface area contributed by atoms with Gasteiger partial charge in [-0.15, -0.1) is 26.6 Å². The minimum absolute atomic E-state index is 0.109. The number of nitrogens with zero attached hydrogens (tertiary/aromatic N) is 6. The van der Waals surface area contributed by atoms with Gasteiger partial charge in [0.2, 0.25) is 0 Å². The van der Waals surface area contributed by atoms with Crippen LogP contribution in [0.2, 0.25) is 0 Å². The van der Waals surface area contributed by atoms with Crippen LogP contribution in [0.4, 0.5) is 23.0 Å². The van der Waals surface area contributed by atoms with Gasteiger partial charge in [-0.05, 0) is 24.3 Å². The van der Waals surface area contributed by atoms with Crippen molar-refractivity contribution in [3.05, 3.63) is 47.2 Å². The average Bonchev–Trinajstić information content (AvgIpc) is 3.47. The van der Waals surface area contributed by atoms with E-state index >= 15 is 0 Å². The number of thiazole rings is 1. The molecule has 0 fully saturated rings. The number of ether oxygens (including phenoxy) is 1. The highest BCUT2D eigenvalue weighted by atomic mass is 32.1. The van der Waals surface area contributed by atoms with Gasteiger partial charge in [0, 0.05) is 19.3 Å². The summed E-state index contributed by atoms with van der Waals surface area (Å²) < 4.78 is 5.75. The fraction of sp³-hybridized carbons (Fsp3) is 0.238. The number of aryl methyl sites for hydroxylation is 1. The van der Waals surface area contributed by atoms with Crippen molar-refractivity contribution in [3.8, 4) is 16.3 Å². The van der Waals surface area contributed by atoms with Gasteiger partial charge in [0.1, 0.15) is 28.5 Å². The second-order valence-electron chi connectivity index (χ2n) is 9.30. The van der Waals surface area contributed by atoms with Gasteiger partial charge in [0.25, 0.3) is 5.91 Å². The van der Waals surface area contributed by atoms with Crippen LogP contribution in [0.1, 0.15) is 28.4 Å². The molecule has 3 heterocycles. The summed E-state index contributed by atoms with van der Waals surface area (Å²) in [5, 5.41) is 36.0. The van der Waals surface area contributed by atoms with Crippen LogP contribution in [0.25, 0.3) is 10.6 Å². The summed E-state index contributed by atoms with van der Waals surface area (Å²) in [4.78, 5) is 19.7. The molecule has 1 atom stereocenters. The first-order valence-corrected chi connectivity index (χ1v) is 12.3. The number of anilines is 4. The summed E-state index contributed by atoms with van der Waals surface area (Å²) in [7, 11) is 8.92. The number of hydrogen-bond donors (Lipinski definition) is 4. The fourth-order valence-electron chi connectivity index (χ4n) is 3.42. The Morgan fingerprint density at radius 3 is 2.57 bits per heavy atom. The molecular formula is C21H26B3N9O3S. The van der Waals surface area contributed by atoms with Crippen LogP contribution in [-0.2, 0) is 7.05 Å². The third-order valence-electron chi connectivity index (χ3n) is 5.01. The van der Waals surface area contributed by atoms with E-state index in [9.17, 15) is 9.90 Å². The Kier molecular flexibility index (Phi) is 7.50.